The third kappa shape index (κ3) is 3.47. The first-order valence-corrected chi connectivity index (χ1v) is 10.6. The fraction of sp³-hybridized carbons (Fsp3) is 0.292. The number of aryl methyl sites for hydroxylation is 1. The monoisotopic (exact) mass is 433 g/mol. The van der Waals surface area contributed by atoms with Gasteiger partial charge >= 0.3 is 0 Å². The van der Waals surface area contributed by atoms with Gasteiger partial charge in [0.05, 0.1) is 18.2 Å². The first-order chi connectivity index (χ1) is 15.5. The van der Waals surface area contributed by atoms with Gasteiger partial charge in [-0.3, -0.25) is 9.59 Å². The van der Waals surface area contributed by atoms with E-state index in [-0.39, 0.29) is 17.4 Å². The number of likely N-dealkylation sites (tertiary alicyclic amines) is 1. The molecule has 0 unspecified atom stereocenters. The van der Waals surface area contributed by atoms with E-state index in [2.05, 4.69) is 4.98 Å². The molecule has 2 aliphatic heterocycles. The Labute approximate surface area is 184 Å². The van der Waals surface area contributed by atoms with E-state index in [1.165, 1.54) is 11.2 Å². The fourth-order valence-corrected chi connectivity index (χ4v) is 4.42. The summed E-state index contributed by atoms with van der Waals surface area (Å²) < 4.78 is 13.2. The van der Waals surface area contributed by atoms with E-state index in [1.807, 2.05) is 23.8 Å². The smallest absolute Gasteiger partial charge is 0.295 e. The zero-order chi connectivity index (χ0) is 22.2. The van der Waals surface area contributed by atoms with Gasteiger partial charge in [0.1, 0.15) is 29.4 Å². The molecule has 0 bridgehead atoms. The Morgan fingerprint density at radius 1 is 1.25 bits per heavy atom. The van der Waals surface area contributed by atoms with Crippen LogP contribution in [0.1, 0.15) is 36.3 Å². The second-order valence-electron chi connectivity index (χ2n) is 8.12. The van der Waals surface area contributed by atoms with Crippen molar-refractivity contribution in [3.05, 3.63) is 77.8 Å². The Hall–Kier alpha value is -3.81. The lowest BCUT2D eigenvalue weighted by Gasteiger charge is -2.23. The van der Waals surface area contributed by atoms with Crippen molar-refractivity contribution in [2.24, 2.45) is 0 Å². The molecule has 164 valence electrons. The first-order valence-electron chi connectivity index (χ1n) is 10.6. The summed E-state index contributed by atoms with van der Waals surface area (Å²) in [6, 6.07) is 7.95. The van der Waals surface area contributed by atoms with E-state index >= 15 is 0 Å². The lowest BCUT2D eigenvalue weighted by Crippen LogP contribution is -2.31. The number of aliphatic hydroxyl groups excluding tert-OH is 1. The van der Waals surface area contributed by atoms with Crippen LogP contribution in [0.4, 0.5) is 0 Å². The van der Waals surface area contributed by atoms with Crippen molar-refractivity contribution >= 4 is 17.4 Å². The average Bonchev–Trinajstić information content (AvgIpc) is 3.57. The number of amides is 1. The van der Waals surface area contributed by atoms with Gasteiger partial charge in [-0.1, -0.05) is 0 Å². The van der Waals surface area contributed by atoms with Gasteiger partial charge in [0.25, 0.3) is 11.7 Å². The number of ether oxygens (including phenoxy) is 1. The Morgan fingerprint density at radius 2 is 2.12 bits per heavy atom. The number of imidazole rings is 1. The van der Waals surface area contributed by atoms with Crippen LogP contribution in [0.25, 0.3) is 5.76 Å². The number of fused-ring (bicyclic) bond motifs is 1. The standard InChI is InChI=1S/C24H23N3O5/c1-15-12-17-13-16(5-6-18(17)32-15)22(28)20-21(19-4-2-11-31-19)27(24(30)23(20)29)9-3-8-26-10-7-25-14-26/h2,4-7,10-11,13-15,21,28H,3,8-9,12H2,1H3/b22-20+/t15-,21+/m0/s1. The Bertz CT molecular complexity index is 1180. The Morgan fingerprint density at radius 3 is 2.88 bits per heavy atom. The number of aliphatic hydroxyl groups is 1. The zero-order valence-electron chi connectivity index (χ0n) is 17.6. The van der Waals surface area contributed by atoms with Crippen LogP contribution in [0.2, 0.25) is 0 Å². The normalized spacial score (nSPS) is 21.7. The highest BCUT2D eigenvalue weighted by atomic mass is 16.5. The molecule has 1 N–H and O–H groups in total. The predicted molar refractivity (Wildman–Crippen MR) is 115 cm³/mol. The first kappa shape index (κ1) is 20.1. The molecule has 5 rings (SSSR count). The number of hydrogen-bond donors (Lipinski definition) is 1. The SMILES string of the molecule is C[C@H]1Cc2cc(/C(O)=C3\C(=O)C(=O)N(CCCn4ccnc4)[C@@H]3c3ccco3)ccc2O1. The molecular weight excluding hydrogens is 410 g/mol. The Kier molecular flexibility index (Phi) is 5.05. The van der Waals surface area contributed by atoms with Gasteiger partial charge in [-0.25, -0.2) is 4.98 Å². The van der Waals surface area contributed by atoms with Crippen molar-refractivity contribution in [2.45, 2.75) is 38.5 Å². The molecule has 32 heavy (non-hydrogen) atoms. The van der Waals surface area contributed by atoms with Gasteiger partial charge in [0.15, 0.2) is 0 Å². The van der Waals surface area contributed by atoms with Crippen molar-refractivity contribution in [3.8, 4) is 5.75 Å². The van der Waals surface area contributed by atoms with E-state index in [9.17, 15) is 14.7 Å². The molecule has 1 fully saturated rings. The molecule has 8 heteroatoms. The summed E-state index contributed by atoms with van der Waals surface area (Å²) in [7, 11) is 0. The molecule has 2 aromatic heterocycles. The summed E-state index contributed by atoms with van der Waals surface area (Å²) >= 11 is 0. The molecule has 1 saturated heterocycles. The summed E-state index contributed by atoms with van der Waals surface area (Å²) in [5, 5.41) is 11.2. The molecule has 3 aromatic rings. The highest BCUT2D eigenvalue weighted by Gasteiger charge is 2.47. The van der Waals surface area contributed by atoms with Crippen molar-refractivity contribution < 1.29 is 23.8 Å². The minimum Gasteiger partial charge on any atom is -0.507 e. The summed E-state index contributed by atoms with van der Waals surface area (Å²) in [5.74, 6) is -0.347. The molecule has 1 amide bonds. The van der Waals surface area contributed by atoms with Crippen LogP contribution in [0.5, 0.6) is 5.75 Å². The van der Waals surface area contributed by atoms with Crippen LogP contribution in [0.15, 0.2) is 65.3 Å². The number of rotatable bonds is 6. The molecular formula is C24H23N3O5. The van der Waals surface area contributed by atoms with E-state index in [0.717, 1.165) is 17.7 Å². The average molecular weight is 433 g/mol. The van der Waals surface area contributed by atoms with Gasteiger partial charge in [0.2, 0.25) is 0 Å². The minimum atomic E-state index is -0.781. The molecule has 1 aromatic carbocycles. The Balaban J connectivity index is 1.49. The number of aromatic nitrogens is 2. The second-order valence-corrected chi connectivity index (χ2v) is 8.12. The van der Waals surface area contributed by atoms with Crippen LogP contribution in [0, 0.1) is 0 Å². The molecule has 2 aliphatic rings. The van der Waals surface area contributed by atoms with Crippen molar-refractivity contribution in [1.82, 2.24) is 14.5 Å². The molecule has 0 saturated carbocycles. The number of ketones is 1. The lowest BCUT2D eigenvalue weighted by molar-refractivity contribution is -0.140. The third-order valence-electron chi connectivity index (χ3n) is 5.90. The number of benzene rings is 1. The lowest BCUT2D eigenvalue weighted by atomic mass is 9.97. The molecule has 4 heterocycles. The van der Waals surface area contributed by atoms with E-state index in [0.29, 0.717) is 30.8 Å². The summed E-state index contributed by atoms with van der Waals surface area (Å²) in [6.07, 6.45) is 8.14. The molecule has 8 nitrogen and oxygen atoms in total. The number of carbonyl (C=O) groups excluding carboxylic acids is 2. The van der Waals surface area contributed by atoms with E-state index in [4.69, 9.17) is 9.15 Å². The topological polar surface area (TPSA) is 97.8 Å². The van der Waals surface area contributed by atoms with Gasteiger partial charge in [0, 0.05) is 37.5 Å². The number of nitrogens with zero attached hydrogens (tertiary/aromatic N) is 3. The second kappa shape index (κ2) is 8.03. The van der Waals surface area contributed by atoms with Crippen LogP contribution in [-0.4, -0.2) is 43.9 Å². The number of furan rings is 1. The number of carbonyl (C=O) groups is 2. The van der Waals surface area contributed by atoms with Gasteiger partial charge < -0.3 is 23.7 Å². The largest absolute Gasteiger partial charge is 0.507 e. The highest BCUT2D eigenvalue weighted by Crippen LogP contribution is 2.40. The molecule has 0 radical (unpaired) electrons. The van der Waals surface area contributed by atoms with Gasteiger partial charge in [-0.2, -0.15) is 0 Å². The van der Waals surface area contributed by atoms with Crippen molar-refractivity contribution in [2.75, 3.05) is 6.54 Å². The van der Waals surface area contributed by atoms with Crippen LogP contribution >= 0.6 is 0 Å². The predicted octanol–water partition coefficient (Wildman–Crippen LogP) is 3.31. The summed E-state index contributed by atoms with van der Waals surface area (Å²) in [5.41, 5.74) is 1.49. The maximum Gasteiger partial charge on any atom is 0.295 e. The van der Waals surface area contributed by atoms with E-state index < -0.39 is 17.7 Å². The minimum absolute atomic E-state index is 0.0412. The van der Waals surface area contributed by atoms with Gasteiger partial charge in [-0.15, -0.1) is 0 Å². The van der Waals surface area contributed by atoms with Gasteiger partial charge in [-0.05, 0) is 49.2 Å². The highest BCUT2D eigenvalue weighted by molar-refractivity contribution is 6.46. The fourth-order valence-electron chi connectivity index (χ4n) is 4.42. The summed E-state index contributed by atoms with van der Waals surface area (Å²) in [4.78, 5) is 31.4. The molecule has 0 spiro atoms. The van der Waals surface area contributed by atoms with Crippen LogP contribution in [-0.2, 0) is 22.6 Å². The molecule has 0 aliphatic carbocycles. The van der Waals surface area contributed by atoms with Crippen LogP contribution in [0.3, 0.4) is 0 Å². The molecule has 2 atom stereocenters. The number of hydrogen-bond acceptors (Lipinski definition) is 6. The third-order valence-corrected chi connectivity index (χ3v) is 5.90. The summed E-state index contributed by atoms with van der Waals surface area (Å²) in [6.45, 7) is 2.96. The van der Waals surface area contributed by atoms with Crippen molar-refractivity contribution in [3.63, 3.8) is 0 Å². The van der Waals surface area contributed by atoms with Crippen molar-refractivity contribution in [1.29, 1.82) is 0 Å². The quantitative estimate of drug-likeness (QED) is 0.364. The van der Waals surface area contributed by atoms with E-state index in [1.54, 1.807) is 36.8 Å². The zero-order valence-corrected chi connectivity index (χ0v) is 17.6. The maximum atomic E-state index is 13.0. The van der Waals surface area contributed by atoms with Crippen LogP contribution < -0.4 is 4.74 Å². The number of Topliss-reactive ketones (excluding diaryl/α,β-unsaturated/α-hetero) is 1. The maximum absolute atomic E-state index is 13.0.